The Morgan fingerprint density at radius 2 is 2.26 bits per heavy atom. The van der Waals surface area contributed by atoms with Gasteiger partial charge in [-0.05, 0) is 39.3 Å². The molecule has 1 atom stereocenters. The average molecular weight is 259 g/mol. The van der Waals surface area contributed by atoms with Crippen LogP contribution in [0.2, 0.25) is 0 Å². The van der Waals surface area contributed by atoms with Gasteiger partial charge in [0.15, 0.2) is 5.65 Å². The van der Waals surface area contributed by atoms with E-state index in [2.05, 4.69) is 34.9 Å². The standard InChI is InChI=1S/C14H21N5/c1-10(2)18-7-3-4-11(9-18)12-8-14-16-6-5-13(15)19(14)17-12/h5-6,8,10-11H,3-4,7,9,15H2,1-2H3. The van der Waals surface area contributed by atoms with Crippen LogP contribution in [-0.2, 0) is 0 Å². The Morgan fingerprint density at radius 3 is 3.00 bits per heavy atom. The number of fused-ring (bicyclic) bond motifs is 1. The first-order valence-corrected chi connectivity index (χ1v) is 6.99. The quantitative estimate of drug-likeness (QED) is 0.895. The molecular formula is C14H21N5. The molecule has 0 aliphatic carbocycles. The number of nitrogens with two attached hydrogens (primary N) is 1. The Labute approximate surface area is 113 Å². The first-order chi connectivity index (χ1) is 9.15. The second kappa shape index (κ2) is 4.81. The molecule has 0 saturated carbocycles. The molecule has 19 heavy (non-hydrogen) atoms. The third kappa shape index (κ3) is 2.30. The second-order valence-corrected chi connectivity index (χ2v) is 5.64. The monoisotopic (exact) mass is 259 g/mol. The van der Waals surface area contributed by atoms with Gasteiger partial charge in [-0.2, -0.15) is 9.61 Å². The fourth-order valence-electron chi connectivity index (χ4n) is 2.85. The highest BCUT2D eigenvalue weighted by Crippen LogP contribution is 2.27. The minimum absolute atomic E-state index is 0.497. The number of anilines is 1. The van der Waals surface area contributed by atoms with Crippen LogP contribution in [0.25, 0.3) is 5.65 Å². The molecule has 0 spiro atoms. The summed E-state index contributed by atoms with van der Waals surface area (Å²) in [4.78, 5) is 6.84. The molecule has 1 fully saturated rings. The van der Waals surface area contributed by atoms with Crippen LogP contribution in [0.15, 0.2) is 18.3 Å². The summed E-state index contributed by atoms with van der Waals surface area (Å²) < 4.78 is 1.74. The van der Waals surface area contributed by atoms with E-state index in [1.54, 1.807) is 16.8 Å². The van der Waals surface area contributed by atoms with Crippen molar-refractivity contribution in [3.8, 4) is 0 Å². The number of hydrogen-bond acceptors (Lipinski definition) is 4. The van der Waals surface area contributed by atoms with Gasteiger partial charge in [0.2, 0.25) is 0 Å². The molecule has 0 radical (unpaired) electrons. The van der Waals surface area contributed by atoms with Crippen LogP contribution in [-0.4, -0.2) is 38.6 Å². The molecule has 102 valence electrons. The first-order valence-electron chi connectivity index (χ1n) is 6.99. The molecule has 1 aliphatic heterocycles. The SMILES string of the molecule is CC(C)N1CCCC(c2cc3nccc(N)n3n2)C1. The van der Waals surface area contributed by atoms with Crippen molar-refractivity contribution in [3.05, 3.63) is 24.0 Å². The zero-order chi connectivity index (χ0) is 13.4. The van der Waals surface area contributed by atoms with Gasteiger partial charge in [-0.3, -0.25) is 0 Å². The van der Waals surface area contributed by atoms with Gasteiger partial charge in [0.1, 0.15) is 5.82 Å². The molecule has 1 saturated heterocycles. The summed E-state index contributed by atoms with van der Waals surface area (Å²) in [6.07, 6.45) is 4.17. The zero-order valence-corrected chi connectivity index (χ0v) is 11.6. The average Bonchev–Trinajstić information content (AvgIpc) is 2.84. The maximum atomic E-state index is 5.92. The highest BCUT2D eigenvalue weighted by atomic mass is 15.3. The van der Waals surface area contributed by atoms with Crippen molar-refractivity contribution in [2.24, 2.45) is 0 Å². The van der Waals surface area contributed by atoms with E-state index in [1.165, 1.54) is 19.4 Å². The van der Waals surface area contributed by atoms with Crippen LogP contribution in [0.5, 0.6) is 0 Å². The van der Waals surface area contributed by atoms with Gasteiger partial charge in [-0.15, -0.1) is 0 Å². The Balaban J connectivity index is 1.89. The summed E-state index contributed by atoms with van der Waals surface area (Å²) in [5, 5.41) is 4.63. The minimum atomic E-state index is 0.497. The van der Waals surface area contributed by atoms with E-state index in [0.717, 1.165) is 17.9 Å². The largest absolute Gasteiger partial charge is 0.384 e. The number of likely N-dealkylation sites (tertiary alicyclic amines) is 1. The lowest BCUT2D eigenvalue weighted by Gasteiger charge is -2.34. The molecule has 5 nitrogen and oxygen atoms in total. The van der Waals surface area contributed by atoms with Crippen molar-refractivity contribution in [2.45, 2.75) is 38.6 Å². The van der Waals surface area contributed by atoms with Gasteiger partial charge in [0.25, 0.3) is 0 Å². The van der Waals surface area contributed by atoms with E-state index in [1.807, 2.05) is 0 Å². The second-order valence-electron chi connectivity index (χ2n) is 5.64. The lowest BCUT2D eigenvalue weighted by molar-refractivity contribution is 0.166. The van der Waals surface area contributed by atoms with Gasteiger partial charge in [-0.25, -0.2) is 4.98 Å². The number of piperidine rings is 1. The number of nitrogen functional groups attached to an aromatic ring is 1. The maximum Gasteiger partial charge on any atom is 0.157 e. The molecule has 2 N–H and O–H groups in total. The van der Waals surface area contributed by atoms with Crippen LogP contribution in [0.3, 0.4) is 0 Å². The molecule has 3 rings (SSSR count). The van der Waals surface area contributed by atoms with E-state index in [0.29, 0.717) is 17.8 Å². The Morgan fingerprint density at radius 1 is 1.42 bits per heavy atom. The molecule has 0 aromatic carbocycles. The van der Waals surface area contributed by atoms with E-state index in [-0.39, 0.29) is 0 Å². The van der Waals surface area contributed by atoms with Crippen LogP contribution in [0, 0.1) is 0 Å². The van der Waals surface area contributed by atoms with E-state index in [4.69, 9.17) is 5.73 Å². The molecule has 2 aromatic rings. The summed E-state index contributed by atoms with van der Waals surface area (Å²) in [5.74, 6) is 1.14. The van der Waals surface area contributed by atoms with Crippen molar-refractivity contribution in [1.29, 1.82) is 0 Å². The normalized spacial score (nSPS) is 21.3. The maximum absolute atomic E-state index is 5.92. The smallest absolute Gasteiger partial charge is 0.157 e. The van der Waals surface area contributed by atoms with Crippen LogP contribution in [0.1, 0.15) is 38.3 Å². The number of rotatable bonds is 2. The molecule has 0 bridgehead atoms. The predicted molar refractivity (Wildman–Crippen MR) is 76.1 cm³/mol. The summed E-state index contributed by atoms with van der Waals surface area (Å²) >= 11 is 0. The summed E-state index contributed by atoms with van der Waals surface area (Å²) in [6.45, 7) is 6.79. The Kier molecular flexibility index (Phi) is 3.14. The van der Waals surface area contributed by atoms with Gasteiger partial charge in [0.05, 0.1) is 5.69 Å². The van der Waals surface area contributed by atoms with Crippen molar-refractivity contribution in [1.82, 2.24) is 19.5 Å². The van der Waals surface area contributed by atoms with E-state index in [9.17, 15) is 0 Å². The number of hydrogen-bond donors (Lipinski definition) is 1. The van der Waals surface area contributed by atoms with Gasteiger partial charge < -0.3 is 10.6 Å². The fourth-order valence-corrected chi connectivity index (χ4v) is 2.85. The predicted octanol–water partition coefficient (Wildman–Crippen LogP) is 1.90. The molecule has 1 aliphatic rings. The van der Waals surface area contributed by atoms with Crippen LogP contribution < -0.4 is 5.73 Å². The number of aromatic nitrogens is 3. The molecular weight excluding hydrogens is 238 g/mol. The first kappa shape index (κ1) is 12.4. The molecule has 0 amide bonds. The van der Waals surface area contributed by atoms with Crippen LogP contribution in [0.4, 0.5) is 5.82 Å². The number of nitrogens with zero attached hydrogens (tertiary/aromatic N) is 4. The van der Waals surface area contributed by atoms with Crippen molar-refractivity contribution in [2.75, 3.05) is 18.8 Å². The van der Waals surface area contributed by atoms with Crippen molar-refractivity contribution in [3.63, 3.8) is 0 Å². The molecule has 1 unspecified atom stereocenters. The van der Waals surface area contributed by atoms with Gasteiger partial charge in [-0.1, -0.05) is 0 Å². The minimum Gasteiger partial charge on any atom is -0.384 e. The lowest BCUT2D eigenvalue weighted by Crippen LogP contribution is -2.39. The van der Waals surface area contributed by atoms with E-state index < -0.39 is 0 Å². The Bertz CT molecular complexity index is 574. The molecule has 2 aromatic heterocycles. The third-order valence-electron chi connectivity index (χ3n) is 4.01. The molecule has 5 heteroatoms. The highest BCUT2D eigenvalue weighted by Gasteiger charge is 2.25. The Hall–Kier alpha value is -1.62. The molecule has 3 heterocycles. The summed E-state index contributed by atoms with van der Waals surface area (Å²) in [7, 11) is 0. The lowest BCUT2D eigenvalue weighted by atomic mass is 9.94. The van der Waals surface area contributed by atoms with Crippen molar-refractivity contribution >= 4 is 11.5 Å². The van der Waals surface area contributed by atoms with Crippen LogP contribution >= 0.6 is 0 Å². The fraction of sp³-hybridized carbons (Fsp3) is 0.571. The summed E-state index contributed by atoms with van der Waals surface area (Å²) in [6, 6.07) is 4.46. The zero-order valence-electron chi connectivity index (χ0n) is 11.6. The topological polar surface area (TPSA) is 59.5 Å². The highest BCUT2D eigenvalue weighted by molar-refractivity contribution is 5.46. The van der Waals surface area contributed by atoms with Gasteiger partial charge in [0, 0.05) is 30.8 Å². The van der Waals surface area contributed by atoms with Gasteiger partial charge >= 0.3 is 0 Å². The van der Waals surface area contributed by atoms with Crippen molar-refractivity contribution < 1.29 is 0 Å². The third-order valence-corrected chi connectivity index (χ3v) is 4.01. The summed E-state index contributed by atoms with van der Waals surface area (Å²) in [5.41, 5.74) is 7.89. The van der Waals surface area contributed by atoms with E-state index >= 15 is 0 Å².